The van der Waals surface area contributed by atoms with Gasteiger partial charge in [-0.25, -0.2) is 0 Å². The Morgan fingerprint density at radius 2 is 1.90 bits per heavy atom. The molecule has 2 atom stereocenters. The van der Waals surface area contributed by atoms with Gasteiger partial charge in [0.25, 0.3) is 0 Å². The fourth-order valence-corrected chi connectivity index (χ4v) is 3.49. The molecule has 2 aromatic rings. The number of nitrogens with zero attached hydrogens (tertiary/aromatic N) is 1. The first-order chi connectivity index (χ1) is 10.2. The average molecular weight is 341 g/mol. The van der Waals surface area contributed by atoms with Crippen LogP contribution in [0.1, 0.15) is 36.8 Å². The van der Waals surface area contributed by atoms with Crippen LogP contribution in [0.25, 0.3) is 0 Å². The number of nitrogens with one attached hydrogen (secondary N) is 1. The van der Waals surface area contributed by atoms with Crippen molar-refractivity contribution in [2.75, 3.05) is 5.32 Å². The Labute approximate surface area is 133 Å². The van der Waals surface area contributed by atoms with Crippen LogP contribution in [0.15, 0.2) is 53.0 Å². The van der Waals surface area contributed by atoms with Crippen LogP contribution < -0.4 is 5.32 Å². The highest BCUT2D eigenvalue weighted by Crippen LogP contribution is 2.43. The smallest absolute Gasteiger partial charge is 0.151 e. The Bertz CT molecular complexity index is 704. The molecule has 0 heterocycles. The molecule has 2 nitrogen and oxygen atoms in total. The maximum Gasteiger partial charge on any atom is 0.151 e. The maximum absolute atomic E-state index is 9.90. The Hall–Kier alpha value is -1.79. The van der Waals surface area contributed by atoms with Crippen molar-refractivity contribution in [3.63, 3.8) is 0 Å². The SMILES string of the molecule is CC1CCC(C#N)(Nc2ccccc2Br)c2ccccc21. The molecule has 0 radical (unpaired) electrons. The molecule has 1 aliphatic carbocycles. The number of fused-ring (bicyclic) bond motifs is 1. The second-order valence-corrected chi connectivity index (χ2v) is 6.50. The summed E-state index contributed by atoms with van der Waals surface area (Å²) in [5.41, 5.74) is 2.71. The lowest BCUT2D eigenvalue weighted by Crippen LogP contribution is -2.38. The van der Waals surface area contributed by atoms with Crippen molar-refractivity contribution in [3.8, 4) is 6.07 Å². The molecule has 21 heavy (non-hydrogen) atoms. The minimum absolute atomic E-state index is 0.503. The molecule has 1 N–H and O–H groups in total. The summed E-state index contributed by atoms with van der Waals surface area (Å²) in [6.45, 7) is 2.23. The van der Waals surface area contributed by atoms with Crippen molar-refractivity contribution in [2.24, 2.45) is 0 Å². The molecule has 0 saturated heterocycles. The van der Waals surface area contributed by atoms with E-state index >= 15 is 0 Å². The fourth-order valence-electron chi connectivity index (χ4n) is 3.10. The summed E-state index contributed by atoms with van der Waals surface area (Å²) in [6.07, 6.45) is 1.84. The van der Waals surface area contributed by atoms with E-state index in [1.165, 1.54) is 5.56 Å². The minimum Gasteiger partial charge on any atom is -0.363 e. The average Bonchev–Trinajstić information content (AvgIpc) is 2.53. The van der Waals surface area contributed by atoms with Gasteiger partial charge >= 0.3 is 0 Å². The number of nitriles is 1. The van der Waals surface area contributed by atoms with Gasteiger partial charge < -0.3 is 5.32 Å². The van der Waals surface area contributed by atoms with Gasteiger partial charge in [-0.1, -0.05) is 43.3 Å². The topological polar surface area (TPSA) is 35.8 Å². The number of para-hydroxylation sites is 1. The second kappa shape index (κ2) is 5.54. The maximum atomic E-state index is 9.90. The Morgan fingerprint density at radius 3 is 2.67 bits per heavy atom. The van der Waals surface area contributed by atoms with Gasteiger partial charge in [-0.05, 0) is 57.9 Å². The van der Waals surface area contributed by atoms with E-state index in [0.29, 0.717) is 5.92 Å². The zero-order chi connectivity index (χ0) is 14.9. The third kappa shape index (κ3) is 2.45. The number of hydrogen-bond acceptors (Lipinski definition) is 2. The summed E-state index contributed by atoms with van der Waals surface area (Å²) < 4.78 is 0.982. The Kier molecular flexibility index (Phi) is 3.73. The summed E-state index contributed by atoms with van der Waals surface area (Å²) in [5, 5.41) is 13.4. The summed E-state index contributed by atoms with van der Waals surface area (Å²) in [6, 6.07) is 18.8. The highest BCUT2D eigenvalue weighted by atomic mass is 79.9. The summed E-state index contributed by atoms with van der Waals surface area (Å²) in [7, 11) is 0. The van der Waals surface area contributed by atoms with Gasteiger partial charge in [0.05, 0.1) is 6.07 Å². The molecule has 0 aliphatic heterocycles. The van der Waals surface area contributed by atoms with Crippen LogP contribution in [0.5, 0.6) is 0 Å². The molecule has 2 unspecified atom stereocenters. The second-order valence-electron chi connectivity index (χ2n) is 5.65. The zero-order valence-corrected chi connectivity index (χ0v) is 13.5. The standard InChI is InChI=1S/C18H17BrN2/c1-13-10-11-18(12-20,15-7-3-2-6-14(13)15)21-17-9-5-4-8-16(17)19/h2-9,13,21H,10-11H2,1H3. The quantitative estimate of drug-likeness (QED) is 0.817. The van der Waals surface area contributed by atoms with Crippen molar-refractivity contribution < 1.29 is 0 Å². The molecular formula is C18H17BrN2. The molecule has 1 aliphatic rings. The van der Waals surface area contributed by atoms with E-state index in [4.69, 9.17) is 0 Å². The highest BCUT2D eigenvalue weighted by Gasteiger charge is 2.39. The normalized spacial score (nSPS) is 24.0. The molecule has 0 saturated carbocycles. The predicted molar refractivity (Wildman–Crippen MR) is 89.1 cm³/mol. The number of benzene rings is 2. The van der Waals surface area contributed by atoms with Gasteiger partial charge in [0.15, 0.2) is 5.54 Å². The van der Waals surface area contributed by atoms with Crippen molar-refractivity contribution in [1.82, 2.24) is 0 Å². The predicted octanol–water partition coefficient (Wildman–Crippen LogP) is 5.18. The molecule has 106 valence electrons. The number of rotatable bonds is 2. The van der Waals surface area contributed by atoms with Crippen LogP contribution in [0.2, 0.25) is 0 Å². The number of anilines is 1. The van der Waals surface area contributed by atoms with E-state index in [1.807, 2.05) is 30.3 Å². The van der Waals surface area contributed by atoms with Crippen LogP contribution in [0.3, 0.4) is 0 Å². The van der Waals surface area contributed by atoms with E-state index in [0.717, 1.165) is 28.6 Å². The third-order valence-corrected chi connectivity index (χ3v) is 5.01. The van der Waals surface area contributed by atoms with Crippen LogP contribution in [-0.2, 0) is 5.54 Å². The first kappa shape index (κ1) is 14.2. The summed E-state index contributed by atoms with van der Waals surface area (Å²) in [5.74, 6) is 0.503. The molecule has 0 aromatic heterocycles. The lowest BCUT2D eigenvalue weighted by Gasteiger charge is -2.37. The van der Waals surface area contributed by atoms with Gasteiger partial charge in [0, 0.05) is 10.2 Å². The van der Waals surface area contributed by atoms with E-state index < -0.39 is 5.54 Å². The molecular weight excluding hydrogens is 324 g/mol. The summed E-state index contributed by atoms with van der Waals surface area (Å²) in [4.78, 5) is 0. The van der Waals surface area contributed by atoms with Gasteiger partial charge in [-0.2, -0.15) is 5.26 Å². The fraction of sp³-hybridized carbons (Fsp3) is 0.278. The lowest BCUT2D eigenvalue weighted by atomic mass is 9.73. The minimum atomic E-state index is -0.646. The van der Waals surface area contributed by atoms with E-state index in [1.54, 1.807) is 0 Å². The first-order valence-electron chi connectivity index (χ1n) is 7.20. The van der Waals surface area contributed by atoms with Crippen LogP contribution in [-0.4, -0.2) is 0 Å². The molecule has 2 aromatic carbocycles. The van der Waals surface area contributed by atoms with E-state index in [2.05, 4.69) is 52.4 Å². The van der Waals surface area contributed by atoms with E-state index in [9.17, 15) is 5.26 Å². The lowest BCUT2D eigenvalue weighted by molar-refractivity contribution is 0.462. The monoisotopic (exact) mass is 340 g/mol. The van der Waals surface area contributed by atoms with Gasteiger partial charge in [-0.3, -0.25) is 0 Å². The zero-order valence-electron chi connectivity index (χ0n) is 11.9. The molecule has 3 heteroatoms. The van der Waals surface area contributed by atoms with E-state index in [-0.39, 0.29) is 0 Å². The number of hydrogen-bond donors (Lipinski definition) is 1. The largest absolute Gasteiger partial charge is 0.363 e. The highest BCUT2D eigenvalue weighted by molar-refractivity contribution is 9.10. The van der Waals surface area contributed by atoms with Crippen LogP contribution >= 0.6 is 15.9 Å². The number of halogens is 1. The Balaban J connectivity index is 2.08. The molecule has 0 fully saturated rings. The van der Waals surface area contributed by atoms with Crippen LogP contribution in [0, 0.1) is 11.3 Å². The van der Waals surface area contributed by atoms with Crippen LogP contribution in [0.4, 0.5) is 5.69 Å². The molecule has 3 rings (SSSR count). The van der Waals surface area contributed by atoms with Gasteiger partial charge in [0.2, 0.25) is 0 Å². The first-order valence-corrected chi connectivity index (χ1v) is 7.99. The van der Waals surface area contributed by atoms with Crippen molar-refractivity contribution in [3.05, 3.63) is 64.1 Å². The van der Waals surface area contributed by atoms with Gasteiger partial charge in [-0.15, -0.1) is 0 Å². The molecule has 0 amide bonds. The molecule has 0 bridgehead atoms. The van der Waals surface area contributed by atoms with Crippen molar-refractivity contribution in [2.45, 2.75) is 31.2 Å². The Morgan fingerprint density at radius 1 is 1.19 bits per heavy atom. The van der Waals surface area contributed by atoms with Crippen molar-refractivity contribution >= 4 is 21.6 Å². The van der Waals surface area contributed by atoms with Crippen molar-refractivity contribution in [1.29, 1.82) is 5.26 Å². The third-order valence-electron chi connectivity index (χ3n) is 4.32. The summed E-state index contributed by atoms with van der Waals surface area (Å²) >= 11 is 3.56. The molecule has 0 spiro atoms. The van der Waals surface area contributed by atoms with Gasteiger partial charge in [0.1, 0.15) is 0 Å².